The Morgan fingerprint density at radius 3 is 1.85 bits per heavy atom. The molecule has 0 spiro atoms. The smallest absolute Gasteiger partial charge is 0.126 e. The van der Waals surface area contributed by atoms with Gasteiger partial charge in [-0.25, -0.2) is 0 Å². The normalized spacial score (nSPS) is 20.4. The molecule has 34 heavy (non-hydrogen) atoms. The predicted octanol–water partition coefficient (Wildman–Crippen LogP) is 6.16. The lowest BCUT2D eigenvalue weighted by molar-refractivity contribution is -0.0326. The Balaban J connectivity index is 1.48. The maximum atomic E-state index is 12.1. The van der Waals surface area contributed by atoms with Crippen molar-refractivity contribution in [3.63, 3.8) is 0 Å². The Morgan fingerprint density at radius 1 is 0.765 bits per heavy atom. The SMILES string of the molecule is CC(C1CC(O)(c2ccccc2)c2ccccc2O1)N(Cc1ccccc1)Cc1ccccc1. The van der Waals surface area contributed by atoms with Crippen molar-refractivity contribution in [2.24, 2.45) is 0 Å². The van der Waals surface area contributed by atoms with E-state index in [-0.39, 0.29) is 12.1 Å². The van der Waals surface area contributed by atoms with Gasteiger partial charge in [0.1, 0.15) is 17.5 Å². The number of rotatable bonds is 7. The summed E-state index contributed by atoms with van der Waals surface area (Å²) in [6.45, 7) is 3.83. The van der Waals surface area contributed by atoms with Crippen LogP contribution in [0.1, 0.15) is 35.6 Å². The van der Waals surface area contributed by atoms with E-state index in [4.69, 9.17) is 4.74 Å². The second-order valence-electron chi connectivity index (χ2n) is 9.20. The first-order chi connectivity index (χ1) is 16.6. The van der Waals surface area contributed by atoms with Gasteiger partial charge in [0.05, 0.1) is 0 Å². The minimum absolute atomic E-state index is 0.0732. The zero-order chi connectivity index (χ0) is 23.4. The van der Waals surface area contributed by atoms with Gasteiger partial charge in [0, 0.05) is 31.1 Å². The van der Waals surface area contributed by atoms with Crippen LogP contribution in [0.4, 0.5) is 0 Å². The first-order valence-electron chi connectivity index (χ1n) is 12.0. The number of ether oxygens (including phenoxy) is 1. The van der Waals surface area contributed by atoms with Gasteiger partial charge in [0.15, 0.2) is 0 Å². The molecular weight excluding hydrogens is 418 g/mol. The molecule has 4 aromatic carbocycles. The molecule has 1 aliphatic rings. The van der Waals surface area contributed by atoms with Crippen molar-refractivity contribution in [1.82, 2.24) is 4.90 Å². The molecule has 3 nitrogen and oxygen atoms in total. The van der Waals surface area contributed by atoms with Gasteiger partial charge < -0.3 is 9.84 Å². The van der Waals surface area contributed by atoms with E-state index in [0.29, 0.717) is 6.42 Å². The summed E-state index contributed by atoms with van der Waals surface area (Å²) in [6.07, 6.45) is 0.322. The van der Waals surface area contributed by atoms with Crippen molar-refractivity contribution in [1.29, 1.82) is 0 Å². The van der Waals surface area contributed by atoms with Crippen molar-refractivity contribution in [3.05, 3.63) is 138 Å². The maximum Gasteiger partial charge on any atom is 0.126 e. The average Bonchev–Trinajstić information content (AvgIpc) is 2.89. The summed E-state index contributed by atoms with van der Waals surface area (Å²) in [6, 6.07) is 39.1. The first kappa shape index (κ1) is 22.4. The van der Waals surface area contributed by atoms with Crippen molar-refractivity contribution >= 4 is 0 Å². The summed E-state index contributed by atoms with van der Waals surface area (Å²) in [5.41, 5.74) is 3.17. The molecule has 0 aliphatic carbocycles. The van der Waals surface area contributed by atoms with E-state index in [1.54, 1.807) is 0 Å². The minimum Gasteiger partial charge on any atom is -0.488 e. The minimum atomic E-state index is -1.10. The van der Waals surface area contributed by atoms with E-state index >= 15 is 0 Å². The van der Waals surface area contributed by atoms with E-state index in [1.165, 1.54) is 11.1 Å². The summed E-state index contributed by atoms with van der Waals surface area (Å²) in [7, 11) is 0. The van der Waals surface area contributed by atoms with Gasteiger partial charge >= 0.3 is 0 Å². The monoisotopic (exact) mass is 449 g/mol. The lowest BCUT2D eigenvalue weighted by Crippen LogP contribution is -2.49. The van der Waals surface area contributed by atoms with Crippen LogP contribution in [0.25, 0.3) is 0 Å². The fourth-order valence-corrected chi connectivity index (χ4v) is 4.99. The summed E-state index contributed by atoms with van der Waals surface area (Å²) >= 11 is 0. The van der Waals surface area contributed by atoms with Gasteiger partial charge in [0.25, 0.3) is 0 Å². The summed E-state index contributed by atoms with van der Waals surface area (Å²) in [5, 5.41) is 12.1. The molecule has 0 bridgehead atoms. The highest BCUT2D eigenvalue weighted by molar-refractivity contribution is 5.46. The van der Waals surface area contributed by atoms with Crippen LogP contribution in [0.5, 0.6) is 5.75 Å². The molecule has 172 valence electrons. The summed E-state index contributed by atoms with van der Waals surface area (Å²) in [4.78, 5) is 2.45. The molecule has 0 amide bonds. The fourth-order valence-electron chi connectivity index (χ4n) is 4.99. The molecule has 0 radical (unpaired) electrons. The lowest BCUT2D eigenvalue weighted by atomic mass is 9.78. The highest BCUT2D eigenvalue weighted by Gasteiger charge is 2.44. The van der Waals surface area contributed by atoms with Crippen molar-refractivity contribution in [2.75, 3.05) is 0 Å². The van der Waals surface area contributed by atoms with Crippen LogP contribution in [0.3, 0.4) is 0 Å². The number of hydrogen-bond donors (Lipinski definition) is 1. The Bertz CT molecular complexity index is 1150. The van der Waals surface area contributed by atoms with Gasteiger partial charge in [-0.1, -0.05) is 109 Å². The quantitative estimate of drug-likeness (QED) is 0.367. The standard InChI is InChI=1S/C31H31NO2/c1-24(32(22-25-13-5-2-6-14-25)23-26-15-7-3-8-16-26)30-21-31(33,27-17-9-4-10-18-27)28-19-11-12-20-29(28)34-30/h2-20,24,30,33H,21-23H2,1H3. The van der Waals surface area contributed by atoms with Gasteiger partial charge in [-0.2, -0.15) is 0 Å². The zero-order valence-corrected chi connectivity index (χ0v) is 19.5. The fraction of sp³-hybridized carbons (Fsp3) is 0.226. The lowest BCUT2D eigenvalue weighted by Gasteiger charge is -2.44. The van der Waals surface area contributed by atoms with Gasteiger partial charge in [-0.05, 0) is 29.7 Å². The second-order valence-corrected chi connectivity index (χ2v) is 9.20. The number of para-hydroxylation sites is 1. The molecule has 5 rings (SSSR count). The number of fused-ring (bicyclic) bond motifs is 1. The topological polar surface area (TPSA) is 32.7 Å². The van der Waals surface area contributed by atoms with E-state index in [1.807, 2.05) is 54.6 Å². The van der Waals surface area contributed by atoms with Crippen LogP contribution < -0.4 is 4.74 Å². The Hall–Kier alpha value is -3.40. The zero-order valence-electron chi connectivity index (χ0n) is 19.5. The van der Waals surface area contributed by atoms with E-state index in [9.17, 15) is 5.11 Å². The van der Waals surface area contributed by atoms with Crippen LogP contribution in [-0.4, -0.2) is 22.2 Å². The molecule has 0 saturated heterocycles. The molecule has 3 unspecified atom stereocenters. The van der Waals surface area contributed by atoms with Crippen molar-refractivity contribution in [2.45, 2.75) is 44.2 Å². The summed E-state index contributed by atoms with van der Waals surface area (Å²) < 4.78 is 6.57. The number of nitrogens with zero attached hydrogens (tertiary/aromatic N) is 1. The second kappa shape index (κ2) is 9.84. The molecular formula is C31H31NO2. The van der Waals surface area contributed by atoms with Crippen LogP contribution >= 0.6 is 0 Å². The molecule has 4 aromatic rings. The van der Waals surface area contributed by atoms with Gasteiger partial charge in [-0.15, -0.1) is 0 Å². The number of benzene rings is 4. The van der Waals surface area contributed by atoms with Crippen molar-refractivity contribution in [3.8, 4) is 5.75 Å². The largest absolute Gasteiger partial charge is 0.488 e. The molecule has 0 saturated carbocycles. The Kier molecular flexibility index (Phi) is 6.48. The molecule has 1 aliphatic heterocycles. The molecule has 1 N–H and O–H groups in total. The van der Waals surface area contributed by atoms with E-state index in [0.717, 1.165) is 30.0 Å². The molecule has 0 fully saturated rings. The highest BCUT2D eigenvalue weighted by Crippen LogP contribution is 2.44. The van der Waals surface area contributed by atoms with Gasteiger partial charge in [-0.3, -0.25) is 4.90 Å². The third kappa shape index (κ3) is 4.63. The van der Waals surface area contributed by atoms with Crippen LogP contribution in [0.15, 0.2) is 115 Å². The van der Waals surface area contributed by atoms with Crippen LogP contribution in [-0.2, 0) is 18.7 Å². The van der Waals surface area contributed by atoms with Crippen LogP contribution in [0.2, 0.25) is 0 Å². The summed E-state index contributed by atoms with van der Waals surface area (Å²) in [5.74, 6) is 0.760. The van der Waals surface area contributed by atoms with Crippen molar-refractivity contribution < 1.29 is 9.84 Å². The average molecular weight is 450 g/mol. The highest BCUT2D eigenvalue weighted by atomic mass is 16.5. The third-order valence-corrected chi connectivity index (χ3v) is 6.93. The number of aliphatic hydroxyl groups is 1. The number of hydrogen-bond acceptors (Lipinski definition) is 3. The third-order valence-electron chi connectivity index (χ3n) is 6.93. The van der Waals surface area contributed by atoms with Gasteiger partial charge in [0.2, 0.25) is 0 Å². The molecule has 1 heterocycles. The first-order valence-corrected chi connectivity index (χ1v) is 12.0. The Morgan fingerprint density at radius 2 is 1.26 bits per heavy atom. The molecule has 3 atom stereocenters. The predicted molar refractivity (Wildman–Crippen MR) is 137 cm³/mol. The molecule has 0 aromatic heterocycles. The Labute approximate surface area is 202 Å². The van der Waals surface area contributed by atoms with E-state index in [2.05, 4.69) is 72.5 Å². The van der Waals surface area contributed by atoms with E-state index < -0.39 is 5.60 Å². The maximum absolute atomic E-state index is 12.1. The molecule has 3 heteroatoms. The van der Waals surface area contributed by atoms with Crippen LogP contribution in [0, 0.1) is 0 Å².